The van der Waals surface area contributed by atoms with Gasteiger partial charge in [-0.05, 0) is 12.8 Å². The van der Waals surface area contributed by atoms with Gasteiger partial charge in [0.1, 0.15) is 11.6 Å². The van der Waals surface area contributed by atoms with E-state index in [1.165, 1.54) is 0 Å². The van der Waals surface area contributed by atoms with Gasteiger partial charge in [-0.25, -0.2) is 9.97 Å². The summed E-state index contributed by atoms with van der Waals surface area (Å²) in [6.07, 6.45) is 5.65. The summed E-state index contributed by atoms with van der Waals surface area (Å²) >= 11 is 0. The number of hydrogen-bond donors (Lipinski definition) is 0. The Balaban J connectivity index is 1.87. The maximum atomic E-state index is 4.66. The molecule has 0 aliphatic rings. The van der Waals surface area contributed by atoms with Crippen LogP contribution in [0.2, 0.25) is 0 Å². The molecule has 0 spiro atoms. The normalized spacial score (nSPS) is 11.5. The molecule has 0 amide bonds. The van der Waals surface area contributed by atoms with Crippen LogP contribution >= 0.6 is 0 Å². The van der Waals surface area contributed by atoms with Crippen LogP contribution in [-0.4, -0.2) is 37.7 Å². The summed E-state index contributed by atoms with van der Waals surface area (Å²) in [5.41, 5.74) is 1.99. The third kappa shape index (κ3) is 2.68. The smallest absolute Gasteiger partial charge is 0.157 e. The molecular formula is C16H22N6. The van der Waals surface area contributed by atoms with E-state index in [0.29, 0.717) is 5.92 Å². The maximum Gasteiger partial charge on any atom is 0.157 e. The first-order valence-corrected chi connectivity index (χ1v) is 7.60. The molecule has 0 aliphatic heterocycles. The average Bonchev–Trinajstić information content (AvgIpc) is 3.12. The molecule has 0 saturated heterocycles. The van der Waals surface area contributed by atoms with E-state index in [2.05, 4.69) is 51.5 Å². The fourth-order valence-corrected chi connectivity index (χ4v) is 2.50. The molecule has 0 unspecified atom stereocenters. The second-order valence-corrected chi connectivity index (χ2v) is 5.88. The highest BCUT2D eigenvalue weighted by Crippen LogP contribution is 2.21. The molecule has 0 bridgehead atoms. The van der Waals surface area contributed by atoms with Gasteiger partial charge in [-0.15, -0.1) is 0 Å². The van der Waals surface area contributed by atoms with Crippen molar-refractivity contribution in [3.05, 3.63) is 42.2 Å². The predicted octanol–water partition coefficient (Wildman–Crippen LogP) is 2.49. The molecule has 6 heteroatoms. The molecule has 0 atom stereocenters. The Morgan fingerprint density at radius 2 is 2.09 bits per heavy atom. The Morgan fingerprint density at radius 3 is 2.77 bits per heavy atom. The van der Waals surface area contributed by atoms with Gasteiger partial charge in [-0.2, -0.15) is 9.61 Å². The van der Waals surface area contributed by atoms with Crippen LogP contribution in [0.15, 0.2) is 30.7 Å². The Bertz CT molecular complexity index is 770. The van der Waals surface area contributed by atoms with Crippen LogP contribution in [0, 0.1) is 6.92 Å². The van der Waals surface area contributed by atoms with Crippen LogP contribution in [0.25, 0.3) is 5.65 Å². The molecule has 0 fully saturated rings. The first-order chi connectivity index (χ1) is 10.6. The lowest BCUT2D eigenvalue weighted by molar-refractivity contribution is 0.655. The van der Waals surface area contributed by atoms with Gasteiger partial charge >= 0.3 is 0 Å². The molecule has 0 saturated carbocycles. The van der Waals surface area contributed by atoms with Crippen LogP contribution in [0.4, 0.5) is 5.82 Å². The lowest BCUT2D eigenvalue weighted by Gasteiger charge is -2.21. The summed E-state index contributed by atoms with van der Waals surface area (Å²) < 4.78 is 4.05. The number of fused-ring (bicyclic) bond motifs is 1. The van der Waals surface area contributed by atoms with Crippen molar-refractivity contribution >= 4 is 11.5 Å². The highest BCUT2D eigenvalue weighted by molar-refractivity contribution is 5.50. The molecule has 3 rings (SSSR count). The highest BCUT2D eigenvalue weighted by atomic mass is 15.3. The van der Waals surface area contributed by atoms with Crippen LogP contribution in [0.5, 0.6) is 0 Å². The number of nitrogens with zero attached hydrogens (tertiary/aromatic N) is 6. The zero-order valence-electron chi connectivity index (χ0n) is 13.6. The number of rotatable bonds is 5. The van der Waals surface area contributed by atoms with Gasteiger partial charge in [0.2, 0.25) is 0 Å². The second-order valence-electron chi connectivity index (χ2n) is 5.88. The third-order valence-electron chi connectivity index (χ3n) is 3.94. The predicted molar refractivity (Wildman–Crippen MR) is 87.3 cm³/mol. The van der Waals surface area contributed by atoms with E-state index < -0.39 is 0 Å². The van der Waals surface area contributed by atoms with Gasteiger partial charge < -0.3 is 9.47 Å². The number of aromatic nitrogens is 5. The molecule has 3 heterocycles. The van der Waals surface area contributed by atoms with Crippen LogP contribution in [-0.2, 0) is 6.54 Å². The lowest BCUT2D eigenvalue weighted by Crippen LogP contribution is -2.25. The number of likely N-dealkylation sites (N-methyl/N-ethyl adjacent to an activating group) is 1. The second kappa shape index (κ2) is 5.79. The molecule has 0 radical (unpaired) electrons. The quantitative estimate of drug-likeness (QED) is 0.726. The summed E-state index contributed by atoms with van der Waals surface area (Å²) in [4.78, 5) is 11.1. The van der Waals surface area contributed by atoms with E-state index >= 15 is 0 Å². The van der Waals surface area contributed by atoms with Gasteiger partial charge in [-0.1, -0.05) is 13.8 Å². The first-order valence-electron chi connectivity index (χ1n) is 7.60. The molecule has 6 nitrogen and oxygen atoms in total. The Kier molecular flexibility index (Phi) is 3.83. The Labute approximate surface area is 130 Å². The molecule has 0 aromatic carbocycles. The van der Waals surface area contributed by atoms with Crippen molar-refractivity contribution in [3.8, 4) is 0 Å². The van der Waals surface area contributed by atoms with E-state index in [1.807, 2.05) is 29.9 Å². The molecule has 3 aromatic heterocycles. The molecule has 0 N–H and O–H groups in total. The van der Waals surface area contributed by atoms with Gasteiger partial charge in [0.25, 0.3) is 0 Å². The standard InChI is InChI=1S/C16H22N6/c1-12(2)14-11-16(22-15(19-14)5-6-18-22)20(4)9-10-21-8-7-17-13(21)3/h5-8,11-12H,9-10H2,1-4H3. The van der Waals surface area contributed by atoms with E-state index in [9.17, 15) is 0 Å². The lowest BCUT2D eigenvalue weighted by atomic mass is 10.1. The maximum absolute atomic E-state index is 4.66. The van der Waals surface area contributed by atoms with E-state index in [1.54, 1.807) is 6.20 Å². The number of imidazole rings is 1. The molecule has 116 valence electrons. The number of aryl methyl sites for hydroxylation is 1. The summed E-state index contributed by atoms with van der Waals surface area (Å²) in [6.45, 7) is 8.12. The molecule has 22 heavy (non-hydrogen) atoms. The zero-order chi connectivity index (χ0) is 15.7. The third-order valence-corrected chi connectivity index (χ3v) is 3.94. The van der Waals surface area contributed by atoms with Crippen molar-refractivity contribution in [3.63, 3.8) is 0 Å². The summed E-state index contributed by atoms with van der Waals surface area (Å²) in [5.74, 6) is 2.50. The minimum Gasteiger partial charge on any atom is -0.358 e. The monoisotopic (exact) mass is 298 g/mol. The molecular weight excluding hydrogens is 276 g/mol. The van der Waals surface area contributed by atoms with Crippen LogP contribution in [0.1, 0.15) is 31.3 Å². The topological polar surface area (TPSA) is 51.2 Å². The number of anilines is 1. The average molecular weight is 298 g/mol. The SMILES string of the molecule is Cc1nccn1CCN(C)c1cc(C(C)C)nc2ccnn12. The van der Waals surface area contributed by atoms with Crippen molar-refractivity contribution in [1.82, 2.24) is 24.1 Å². The van der Waals surface area contributed by atoms with Crippen molar-refractivity contribution in [1.29, 1.82) is 0 Å². The van der Waals surface area contributed by atoms with E-state index in [0.717, 1.165) is 36.1 Å². The Hall–Kier alpha value is -2.37. The fraction of sp³-hybridized carbons (Fsp3) is 0.438. The van der Waals surface area contributed by atoms with Crippen LogP contribution < -0.4 is 4.90 Å². The fourth-order valence-electron chi connectivity index (χ4n) is 2.50. The van der Waals surface area contributed by atoms with Crippen molar-refractivity contribution in [2.24, 2.45) is 0 Å². The van der Waals surface area contributed by atoms with Gasteiger partial charge in [0, 0.05) is 50.4 Å². The van der Waals surface area contributed by atoms with Gasteiger partial charge in [0.05, 0.1) is 6.20 Å². The van der Waals surface area contributed by atoms with E-state index in [-0.39, 0.29) is 0 Å². The summed E-state index contributed by atoms with van der Waals surface area (Å²) in [6, 6.07) is 4.08. The van der Waals surface area contributed by atoms with Crippen molar-refractivity contribution < 1.29 is 0 Å². The highest BCUT2D eigenvalue weighted by Gasteiger charge is 2.12. The Morgan fingerprint density at radius 1 is 1.27 bits per heavy atom. The van der Waals surface area contributed by atoms with Crippen LogP contribution in [0.3, 0.4) is 0 Å². The summed E-state index contributed by atoms with van der Waals surface area (Å²) in [7, 11) is 2.09. The minimum atomic E-state index is 0.392. The van der Waals surface area contributed by atoms with Gasteiger partial charge in [0.15, 0.2) is 5.65 Å². The molecule has 0 aliphatic carbocycles. The minimum absolute atomic E-state index is 0.392. The van der Waals surface area contributed by atoms with Crippen molar-refractivity contribution in [2.75, 3.05) is 18.5 Å². The van der Waals surface area contributed by atoms with Gasteiger partial charge in [-0.3, -0.25) is 0 Å². The molecule has 3 aromatic rings. The number of hydrogen-bond acceptors (Lipinski definition) is 4. The van der Waals surface area contributed by atoms with E-state index in [4.69, 9.17) is 0 Å². The largest absolute Gasteiger partial charge is 0.358 e. The zero-order valence-corrected chi connectivity index (χ0v) is 13.6. The summed E-state index contributed by atoms with van der Waals surface area (Å²) in [5, 5.41) is 4.40. The first kappa shape index (κ1) is 14.6. The van der Waals surface area contributed by atoms with Crippen molar-refractivity contribution in [2.45, 2.75) is 33.2 Å².